The molecule has 0 unspecified atom stereocenters. The van der Waals surface area contributed by atoms with Gasteiger partial charge >= 0.3 is 17.6 Å². The smallest absolute Gasteiger partial charge is 0.350 e. The van der Waals surface area contributed by atoms with Gasteiger partial charge < -0.3 is 14.0 Å². The lowest BCUT2D eigenvalue weighted by Gasteiger charge is -2.23. The van der Waals surface area contributed by atoms with Crippen LogP contribution < -0.4 is 11.2 Å². The van der Waals surface area contributed by atoms with Crippen LogP contribution in [0.2, 0.25) is 5.02 Å². The van der Waals surface area contributed by atoms with Crippen molar-refractivity contribution in [3.05, 3.63) is 74.0 Å². The Labute approximate surface area is 171 Å². The van der Waals surface area contributed by atoms with Gasteiger partial charge in [0.25, 0.3) is 5.56 Å². The van der Waals surface area contributed by atoms with Crippen LogP contribution in [-0.2, 0) is 21.3 Å². The van der Waals surface area contributed by atoms with E-state index in [1.807, 2.05) is 0 Å². The maximum Gasteiger partial charge on any atom is 0.350 e. The Balaban J connectivity index is 2.45. The Bertz CT molecular complexity index is 1100. The zero-order valence-electron chi connectivity index (χ0n) is 16.5. The third-order valence-electron chi connectivity index (χ3n) is 4.16. The Morgan fingerprint density at radius 2 is 1.90 bits per heavy atom. The quantitative estimate of drug-likeness (QED) is 0.524. The molecule has 0 saturated carbocycles. The van der Waals surface area contributed by atoms with E-state index in [-0.39, 0.29) is 22.9 Å². The molecule has 2 rings (SSSR count). The normalized spacial score (nSPS) is 11.1. The minimum Gasteiger partial charge on any atom is -0.459 e. The summed E-state index contributed by atoms with van der Waals surface area (Å²) in [5, 5.41) is 0.0333. The van der Waals surface area contributed by atoms with Crippen LogP contribution in [0, 0.1) is 6.92 Å². The molecule has 1 heterocycles. The minimum atomic E-state index is -1.59. The van der Waals surface area contributed by atoms with Crippen LogP contribution >= 0.6 is 11.6 Å². The fraction of sp³-hybridized carbons (Fsp3) is 0.300. The average Bonchev–Trinajstić information content (AvgIpc) is 2.65. The molecular formula is C20H21ClN2O6. The molecule has 0 atom stereocenters. The van der Waals surface area contributed by atoms with Gasteiger partial charge in [-0.15, -0.1) is 0 Å². The number of ether oxygens (including phenoxy) is 2. The van der Waals surface area contributed by atoms with E-state index < -0.39 is 28.8 Å². The number of hydrogen-bond acceptors (Lipinski definition) is 6. The van der Waals surface area contributed by atoms with E-state index in [9.17, 15) is 19.2 Å². The second-order valence-electron chi connectivity index (χ2n) is 6.75. The molecule has 9 heteroatoms. The van der Waals surface area contributed by atoms with Crippen molar-refractivity contribution in [2.24, 2.45) is 7.05 Å². The molecule has 0 fully saturated rings. The summed E-state index contributed by atoms with van der Waals surface area (Å²) >= 11 is 6.11. The lowest BCUT2D eigenvalue weighted by Crippen LogP contribution is -2.39. The molecule has 2 aromatic rings. The lowest BCUT2D eigenvalue weighted by atomic mass is 10.1. The summed E-state index contributed by atoms with van der Waals surface area (Å²) in [6.45, 7) is 7.78. The summed E-state index contributed by atoms with van der Waals surface area (Å²) in [4.78, 5) is 49.5. The van der Waals surface area contributed by atoms with E-state index >= 15 is 0 Å². The summed E-state index contributed by atoms with van der Waals surface area (Å²) in [5.74, 6) is -1.67. The summed E-state index contributed by atoms with van der Waals surface area (Å²) in [5.41, 5.74) is -2.20. The number of hydrogen-bond donors (Lipinski definition) is 0. The van der Waals surface area contributed by atoms with Gasteiger partial charge in [-0.2, -0.15) is 0 Å². The predicted molar refractivity (Wildman–Crippen MR) is 108 cm³/mol. The van der Waals surface area contributed by atoms with Crippen molar-refractivity contribution >= 4 is 23.5 Å². The van der Waals surface area contributed by atoms with Crippen molar-refractivity contribution in [1.29, 1.82) is 0 Å². The summed E-state index contributed by atoms with van der Waals surface area (Å²) < 4.78 is 12.4. The predicted octanol–water partition coefficient (Wildman–Crippen LogP) is 2.16. The number of aromatic nitrogens is 2. The molecule has 0 amide bonds. The second-order valence-corrected chi connectivity index (χ2v) is 7.16. The van der Waals surface area contributed by atoms with E-state index in [4.69, 9.17) is 21.1 Å². The highest BCUT2D eigenvalue weighted by Gasteiger charge is 2.34. The van der Waals surface area contributed by atoms with E-state index in [0.717, 1.165) is 4.57 Å². The zero-order chi connectivity index (χ0) is 21.9. The molecule has 1 aromatic heterocycles. The summed E-state index contributed by atoms with van der Waals surface area (Å²) in [7, 11) is 1.52. The molecule has 154 valence electrons. The van der Waals surface area contributed by atoms with Crippen LogP contribution in [0.5, 0.6) is 0 Å². The number of carbonyl (C=O) groups excluding carboxylic acids is 2. The van der Waals surface area contributed by atoms with Gasteiger partial charge in [0.2, 0.25) is 5.60 Å². The van der Waals surface area contributed by atoms with Gasteiger partial charge in [-0.1, -0.05) is 24.3 Å². The first-order valence-electron chi connectivity index (χ1n) is 8.60. The van der Waals surface area contributed by atoms with Gasteiger partial charge in [-0.25, -0.2) is 19.0 Å². The molecule has 0 aliphatic carbocycles. The van der Waals surface area contributed by atoms with E-state index in [2.05, 4.69) is 6.58 Å². The third kappa shape index (κ3) is 4.65. The third-order valence-corrected chi connectivity index (χ3v) is 4.49. The van der Waals surface area contributed by atoms with Crippen LogP contribution in [0.4, 0.5) is 0 Å². The van der Waals surface area contributed by atoms with Gasteiger partial charge in [0, 0.05) is 18.8 Å². The maximum atomic E-state index is 12.6. The highest BCUT2D eigenvalue weighted by atomic mass is 35.5. The topological polar surface area (TPSA) is 96.6 Å². The van der Waals surface area contributed by atoms with E-state index in [0.29, 0.717) is 5.69 Å². The number of rotatable bonds is 6. The first-order valence-corrected chi connectivity index (χ1v) is 8.98. The highest BCUT2D eigenvalue weighted by molar-refractivity contribution is 6.33. The van der Waals surface area contributed by atoms with Crippen molar-refractivity contribution < 1.29 is 19.1 Å². The first-order chi connectivity index (χ1) is 13.5. The Morgan fingerprint density at radius 1 is 1.24 bits per heavy atom. The van der Waals surface area contributed by atoms with Crippen molar-refractivity contribution in [3.8, 4) is 5.69 Å². The largest absolute Gasteiger partial charge is 0.459 e. The van der Waals surface area contributed by atoms with Crippen LogP contribution in [-0.4, -0.2) is 33.3 Å². The van der Waals surface area contributed by atoms with Crippen LogP contribution in [0.3, 0.4) is 0 Å². The molecular weight excluding hydrogens is 400 g/mol. The highest BCUT2D eigenvalue weighted by Crippen LogP contribution is 2.23. The fourth-order valence-corrected chi connectivity index (χ4v) is 2.61. The Morgan fingerprint density at radius 3 is 2.52 bits per heavy atom. The standard InChI is InChI=1S/C20H21ClN2O6/c1-6-9-28-18(26)20(3,4)29-17(25)14-11-13(7-8-15(14)21)23-16(24)10-12(2)22(5)19(23)27/h6-8,10-11H,1,9H2,2-5H3. The summed E-state index contributed by atoms with van der Waals surface area (Å²) in [6.07, 6.45) is 1.38. The van der Waals surface area contributed by atoms with Gasteiger partial charge in [0.05, 0.1) is 16.3 Å². The lowest BCUT2D eigenvalue weighted by molar-refractivity contribution is -0.161. The molecule has 0 aliphatic heterocycles. The maximum absolute atomic E-state index is 12.6. The minimum absolute atomic E-state index is 0.0321. The molecule has 0 saturated heterocycles. The molecule has 0 bridgehead atoms. The molecule has 8 nitrogen and oxygen atoms in total. The monoisotopic (exact) mass is 420 g/mol. The van der Waals surface area contributed by atoms with Gasteiger partial charge in [0.1, 0.15) is 6.61 Å². The number of carbonyl (C=O) groups is 2. The van der Waals surface area contributed by atoms with Crippen molar-refractivity contribution in [2.75, 3.05) is 6.61 Å². The number of nitrogens with zero attached hydrogens (tertiary/aromatic N) is 2. The SMILES string of the molecule is C=CCOC(=O)C(C)(C)OC(=O)c1cc(-n2c(=O)cc(C)n(C)c2=O)ccc1Cl. The molecule has 0 radical (unpaired) electrons. The molecule has 1 aromatic carbocycles. The van der Waals surface area contributed by atoms with Crippen molar-refractivity contribution in [3.63, 3.8) is 0 Å². The van der Waals surface area contributed by atoms with Crippen LogP contribution in [0.1, 0.15) is 29.9 Å². The zero-order valence-corrected chi connectivity index (χ0v) is 17.3. The van der Waals surface area contributed by atoms with Gasteiger partial charge in [-0.3, -0.25) is 4.79 Å². The van der Waals surface area contributed by atoms with Crippen LogP contribution in [0.25, 0.3) is 5.69 Å². The van der Waals surface area contributed by atoms with E-state index in [1.165, 1.54) is 55.8 Å². The van der Waals surface area contributed by atoms with Gasteiger partial charge in [0.15, 0.2) is 0 Å². The van der Waals surface area contributed by atoms with Crippen molar-refractivity contribution in [1.82, 2.24) is 9.13 Å². The van der Waals surface area contributed by atoms with E-state index in [1.54, 1.807) is 6.92 Å². The average molecular weight is 421 g/mol. The van der Waals surface area contributed by atoms with Gasteiger partial charge in [-0.05, 0) is 39.0 Å². The number of aryl methyl sites for hydroxylation is 1. The first kappa shape index (κ1) is 22.2. The summed E-state index contributed by atoms with van der Waals surface area (Å²) in [6, 6.07) is 5.35. The molecule has 29 heavy (non-hydrogen) atoms. The number of benzene rings is 1. The number of esters is 2. The fourth-order valence-electron chi connectivity index (χ4n) is 2.42. The number of halogens is 1. The molecule has 0 spiro atoms. The molecule has 0 N–H and O–H groups in total. The Hall–Kier alpha value is -3.13. The van der Waals surface area contributed by atoms with Crippen molar-refractivity contribution in [2.45, 2.75) is 26.4 Å². The Kier molecular flexibility index (Phi) is 6.48. The molecule has 0 aliphatic rings. The van der Waals surface area contributed by atoms with Crippen LogP contribution in [0.15, 0.2) is 46.5 Å². The second kappa shape index (κ2) is 8.48.